The van der Waals surface area contributed by atoms with E-state index in [1.165, 1.54) is 18.5 Å². The van der Waals surface area contributed by atoms with Crippen molar-refractivity contribution < 1.29 is 0 Å². The quantitative estimate of drug-likeness (QED) is 0.714. The second-order valence-corrected chi connectivity index (χ2v) is 3.69. The SMILES string of the molecule is CCc1cnc(CCNC2CC2)[nH]1. The molecule has 0 aliphatic heterocycles. The summed E-state index contributed by atoms with van der Waals surface area (Å²) in [6.07, 6.45) is 6.72. The highest BCUT2D eigenvalue weighted by Gasteiger charge is 2.19. The van der Waals surface area contributed by atoms with Gasteiger partial charge in [0.05, 0.1) is 0 Å². The molecule has 3 heteroatoms. The number of imidazole rings is 1. The molecule has 2 rings (SSSR count). The molecular formula is C10H17N3. The molecule has 1 aromatic rings. The summed E-state index contributed by atoms with van der Waals surface area (Å²) < 4.78 is 0. The Hall–Kier alpha value is -0.830. The maximum Gasteiger partial charge on any atom is 0.107 e. The van der Waals surface area contributed by atoms with E-state index in [4.69, 9.17) is 0 Å². The van der Waals surface area contributed by atoms with Crippen molar-refractivity contribution in [2.75, 3.05) is 6.54 Å². The topological polar surface area (TPSA) is 40.7 Å². The van der Waals surface area contributed by atoms with Crippen molar-refractivity contribution >= 4 is 0 Å². The van der Waals surface area contributed by atoms with Crippen molar-refractivity contribution in [1.82, 2.24) is 15.3 Å². The van der Waals surface area contributed by atoms with Gasteiger partial charge in [-0.3, -0.25) is 0 Å². The lowest BCUT2D eigenvalue weighted by atomic mass is 10.4. The van der Waals surface area contributed by atoms with Gasteiger partial charge in [0.15, 0.2) is 0 Å². The average molecular weight is 179 g/mol. The van der Waals surface area contributed by atoms with Crippen LogP contribution < -0.4 is 5.32 Å². The monoisotopic (exact) mass is 179 g/mol. The van der Waals surface area contributed by atoms with Crippen LogP contribution in [-0.4, -0.2) is 22.6 Å². The average Bonchev–Trinajstić information content (AvgIpc) is 2.84. The Balaban J connectivity index is 1.72. The van der Waals surface area contributed by atoms with Crippen molar-refractivity contribution in [1.29, 1.82) is 0 Å². The summed E-state index contributed by atoms with van der Waals surface area (Å²) in [6.45, 7) is 3.20. The van der Waals surface area contributed by atoms with Gasteiger partial charge in [0.2, 0.25) is 0 Å². The standard InChI is InChI=1S/C10H17N3/c1-2-8-7-12-10(13-8)5-6-11-9-3-4-9/h7,9,11H,2-6H2,1H3,(H,12,13). The fourth-order valence-electron chi connectivity index (χ4n) is 1.39. The molecule has 0 bridgehead atoms. The van der Waals surface area contributed by atoms with Crippen LogP contribution in [0, 0.1) is 0 Å². The van der Waals surface area contributed by atoms with Crippen molar-refractivity contribution in [2.45, 2.75) is 38.6 Å². The lowest BCUT2D eigenvalue weighted by molar-refractivity contribution is 0.669. The number of hydrogen-bond acceptors (Lipinski definition) is 2. The maximum atomic E-state index is 4.31. The van der Waals surface area contributed by atoms with Crippen molar-refractivity contribution in [3.05, 3.63) is 17.7 Å². The number of aromatic nitrogens is 2. The van der Waals surface area contributed by atoms with E-state index in [9.17, 15) is 0 Å². The van der Waals surface area contributed by atoms with Crippen LogP contribution in [-0.2, 0) is 12.8 Å². The van der Waals surface area contributed by atoms with E-state index in [-0.39, 0.29) is 0 Å². The van der Waals surface area contributed by atoms with Crippen LogP contribution in [0.1, 0.15) is 31.3 Å². The molecule has 3 nitrogen and oxygen atoms in total. The molecule has 1 fully saturated rings. The summed E-state index contributed by atoms with van der Waals surface area (Å²) >= 11 is 0. The van der Waals surface area contributed by atoms with Crippen molar-refractivity contribution in [2.24, 2.45) is 0 Å². The highest BCUT2D eigenvalue weighted by atomic mass is 15.0. The molecule has 2 N–H and O–H groups in total. The first kappa shape index (κ1) is 8.75. The van der Waals surface area contributed by atoms with Crippen LogP contribution in [0.15, 0.2) is 6.20 Å². The number of nitrogens with one attached hydrogen (secondary N) is 2. The Labute approximate surface area is 79.0 Å². The molecule has 1 aliphatic rings. The minimum Gasteiger partial charge on any atom is -0.346 e. The van der Waals surface area contributed by atoms with Gasteiger partial charge in [-0.05, 0) is 19.3 Å². The van der Waals surface area contributed by atoms with Gasteiger partial charge in [0, 0.05) is 30.9 Å². The minimum absolute atomic E-state index is 0.806. The van der Waals surface area contributed by atoms with Gasteiger partial charge in [0.25, 0.3) is 0 Å². The van der Waals surface area contributed by atoms with Crippen LogP contribution in [0.4, 0.5) is 0 Å². The van der Waals surface area contributed by atoms with E-state index in [0.717, 1.165) is 31.3 Å². The minimum atomic E-state index is 0.806. The lowest BCUT2D eigenvalue weighted by Crippen LogP contribution is -2.19. The highest BCUT2D eigenvalue weighted by Crippen LogP contribution is 2.18. The normalized spacial score (nSPS) is 16.4. The number of nitrogens with zero attached hydrogens (tertiary/aromatic N) is 1. The molecule has 1 aliphatic carbocycles. The third-order valence-corrected chi connectivity index (χ3v) is 2.43. The number of hydrogen-bond donors (Lipinski definition) is 2. The zero-order valence-electron chi connectivity index (χ0n) is 8.14. The van der Waals surface area contributed by atoms with E-state index in [1.54, 1.807) is 0 Å². The van der Waals surface area contributed by atoms with Gasteiger partial charge >= 0.3 is 0 Å². The van der Waals surface area contributed by atoms with Gasteiger partial charge < -0.3 is 10.3 Å². The smallest absolute Gasteiger partial charge is 0.107 e. The van der Waals surface area contributed by atoms with Crippen molar-refractivity contribution in [3.63, 3.8) is 0 Å². The molecule has 1 heterocycles. The Morgan fingerprint density at radius 2 is 2.46 bits per heavy atom. The molecule has 0 spiro atoms. The van der Waals surface area contributed by atoms with E-state index in [2.05, 4.69) is 22.2 Å². The Morgan fingerprint density at radius 3 is 3.08 bits per heavy atom. The molecule has 1 aromatic heterocycles. The molecule has 0 radical (unpaired) electrons. The Morgan fingerprint density at radius 1 is 1.62 bits per heavy atom. The molecule has 0 unspecified atom stereocenters. The summed E-state index contributed by atoms with van der Waals surface area (Å²) in [5.41, 5.74) is 1.24. The van der Waals surface area contributed by atoms with Crippen LogP contribution in [0.3, 0.4) is 0 Å². The fourth-order valence-corrected chi connectivity index (χ4v) is 1.39. The van der Waals surface area contributed by atoms with Crippen LogP contribution in [0.25, 0.3) is 0 Å². The third-order valence-electron chi connectivity index (χ3n) is 2.43. The first-order chi connectivity index (χ1) is 6.38. The zero-order valence-corrected chi connectivity index (χ0v) is 8.14. The number of rotatable bonds is 5. The van der Waals surface area contributed by atoms with Crippen LogP contribution >= 0.6 is 0 Å². The van der Waals surface area contributed by atoms with Gasteiger partial charge in [-0.1, -0.05) is 6.92 Å². The van der Waals surface area contributed by atoms with E-state index < -0.39 is 0 Å². The summed E-state index contributed by atoms with van der Waals surface area (Å²) in [6, 6.07) is 0.806. The highest BCUT2D eigenvalue weighted by molar-refractivity contribution is 5.01. The largest absolute Gasteiger partial charge is 0.346 e. The van der Waals surface area contributed by atoms with Crippen molar-refractivity contribution in [3.8, 4) is 0 Å². The molecular weight excluding hydrogens is 162 g/mol. The molecule has 72 valence electrons. The second kappa shape index (κ2) is 3.92. The Bertz CT molecular complexity index is 263. The van der Waals surface area contributed by atoms with Gasteiger partial charge in [-0.15, -0.1) is 0 Å². The summed E-state index contributed by atoms with van der Waals surface area (Å²) in [7, 11) is 0. The molecule has 1 saturated carbocycles. The molecule has 0 aromatic carbocycles. The predicted octanol–water partition coefficient (Wildman–Crippen LogP) is 1.27. The molecule has 0 atom stereocenters. The van der Waals surface area contributed by atoms with Gasteiger partial charge in [-0.25, -0.2) is 4.98 Å². The molecule has 0 saturated heterocycles. The third kappa shape index (κ3) is 2.56. The van der Waals surface area contributed by atoms with Gasteiger partial charge in [-0.2, -0.15) is 0 Å². The summed E-state index contributed by atoms with van der Waals surface area (Å²) in [5, 5.41) is 3.47. The number of H-pyrrole nitrogens is 1. The van der Waals surface area contributed by atoms with Crippen LogP contribution in [0.2, 0.25) is 0 Å². The second-order valence-electron chi connectivity index (χ2n) is 3.69. The first-order valence-corrected chi connectivity index (χ1v) is 5.14. The number of aromatic amines is 1. The van der Waals surface area contributed by atoms with E-state index in [1.807, 2.05) is 6.20 Å². The zero-order chi connectivity index (χ0) is 9.10. The summed E-state index contributed by atoms with van der Waals surface area (Å²) in [4.78, 5) is 7.61. The number of aryl methyl sites for hydroxylation is 1. The predicted molar refractivity (Wildman–Crippen MR) is 52.7 cm³/mol. The van der Waals surface area contributed by atoms with E-state index >= 15 is 0 Å². The van der Waals surface area contributed by atoms with E-state index in [0.29, 0.717) is 0 Å². The summed E-state index contributed by atoms with van der Waals surface area (Å²) in [5.74, 6) is 1.12. The first-order valence-electron chi connectivity index (χ1n) is 5.14. The van der Waals surface area contributed by atoms with Gasteiger partial charge in [0.1, 0.15) is 5.82 Å². The van der Waals surface area contributed by atoms with Crippen LogP contribution in [0.5, 0.6) is 0 Å². The Kier molecular flexibility index (Phi) is 2.64. The maximum absolute atomic E-state index is 4.31. The fraction of sp³-hybridized carbons (Fsp3) is 0.700. The molecule has 13 heavy (non-hydrogen) atoms. The molecule has 0 amide bonds. The lowest BCUT2D eigenvalue weighted by Gasteiger charge is -1.99.